The number of aromatic nitrogens is 1. The summed E-state index contributed by atoms with van der Waals surface area (Å²) in [6, 6.07) is 7.38. The number of carbonyl (C=O) groups excluding carboxylic acids is 1. The predicted octanol–water partition coefficient (Wildman–Crippen LogP) is 3.19. The Morgan fingerprint density at radius 2 is 2.32 bits per heavy atom. The maximum atomic E-state index is 11.9. The van der Waals surface area contributed by atoms with Gasteiger partial charge in [0.2, 0.25) is 0 Å². The number of pyridine rings is 1. The fourth-order valence-corrected chi connectivity index (χ4v) is 1.94. The molecule has 1 N–H and O–H groups in total. The lowest BCUT2D eigenvalue weighted by Crippen LogP contribution is -2.32. The minimum atomic E-state index is -0.105. The molecule has 2 heterocycles. The summed E-state index contributed by atoms with van der Waals surface area (Å²) >= 11 is 3.24. The van der Waals surface area contributed by atoms with Crippen LogP contribution in [0.15, 0.2) is 45.7 Å². The second kappa shape index (κ2) is 6.52. The Morgan fingerprint density at radius 3 is 2.95 bits per heavy atom. The van der Waals surface area contributed by atoms with E-state index in [9.17, 15) is 4.79 Å². The van der Waals surface area contributed by atoms with Crippen molar-refractivity contribution >= 4 is 21.8 Å². The van der Waals surface area contributed by atoms with Crippen molar-refractivity contribution in [3.05, 3.63) is 52.7 Å². The first-order chi connectivity index (χ1) is 9.15. The van der Waals surface area contributed by atoms with E-state index in [1.54, 1.807) is 24.6 Å². The van der Waals surface area contributed by atoms with E-state index in [0.29, 0.717) is 5.56 Å². The lowest BCUT2D eigenvalue weighted by molar-refractivity contribution is 0.0937. The third-order valence-electron chi connectivity index (χ3n) is 2.77. The van der Waals surface area contributed by atoms with Crippen LogP contribution in [0.1, 0.15) is 29.5 Å². The molecule has 1 atom stereocenters. The Bertz CT molecular complexity index is 523. The van der Waals surface area contributed by atoms with Gasteiger partial charge in [-0.05, 0) is 53.5 Å². The Kier molecular flexibility index (Phi) is 4.74. The first-order valence-corrected chi connectivity index (χ1v) is 6.89. The predicted molar refractivity (Wildman–Crippen MR) is 75.9 cm³/mol. The van der Waals surface area contributed by atoms with Crippen LogP contribution < -0.4 is 5.32 Å². The standard InChI is InChI=1S/C14H15BrN2O2/c1-10(4-6-12-3-2-8-19-12)17-14(18)11-5-7-13(15)16-9-11/h2-3,5,7-10H,4,6H2,1H3,(H,17,18). The van der Waals surface area contributed by atoms with Crippen molar-refractivity contribution in [3.8, 4) is 0 Å². The van der Waals surface area contributed by atoms with Gasteiger partial charge in [-0.3, -0.25) is 4.79 Å². The van der Waals surface area contributed by atoms with E-state index in [1.807, 2.05) is 19.1 Å². The molecule has 1 unspecified atom stereocenters. The number of amides is 1. The molecule has 2 rings (SSSR count). The second-order valence-electron chi connectivity index (χ2n) is 4.36. The normalized spacial score (nSPS) is 12.1. The highest BCUT2D eigenvalue weighted by molar-refractivity contribution is 9.10. The fourth-order valence-electron chi connectivity index (χ4n) is 1.70. The zero-order valence-corrected chi connectivity index (χ0v) is 12.2. The van der Waals surface area contributed by atoms with E-state index < -0.39 is 0 Å². The van der Waals surface area contributed by atoms with Crippen molar-refractivity contribution < 1.29 is 9.21 Å². The Morgan fingerprint density at radius 1 is 1.47 bits per heavy atom. The first kappa shape index (κ1) is 13.8. The molecule has 0 bridgehead atoms. The van der Waals surface area contributed by atoms with Gasteiger partial charge in [0.05, 0.1) is 11.8 Å². The van der Waals surface area contributed by atoms with Crippen LogP contribution in [0, 0.1) is 0 Å². The number of nitrogens with one attached hydrogen (secondary N) is 1. The van der Waals surface area contributed by atoms with E-state index in [2.05, 4.69) is 26.2 Å². The van der Waals surface area contributed by atoms with Gasteiger partial charge in [0.1, 0.15) is 10.4 Å². The summed E-state index contributed by atoms with van der Waals surface area (Å²) in [4.78, 5) is 16.0. The molecule has 0 spiro atoms. The summed E-state index contributed by atoms with van der Waals surface area (Å²) in [5, 5.41) is 2.94. The molecule has 0 aromatic carbocycles. The average molecular weight is 323 g/mol. The van der Waals surface area contributed by atoms with Crippen LogP contribution in [0.2, 0.25) is 0 Å². The molecule has 2 aromatic heterocycles. The van der Waals surface area contributed by atoms with Crippen molar-refractivity contribution in [1.29, 1.82) is 0 Å². The quantitative estimate of drug-likeness (QED) is 0.860. The zero-order chi connectivity index (χ0) is 13.7. The number of carbonyl (C=O) groups is 1. The Balaban J connectivity index is 1.83. The minimum absolute atomic E-state index is 0.0845. The fraction of sp³-hybridized carbons (Fsp3) is 0.286. The highest BCUT2D eigenvalue weighted by Crippen LogP contribution is 2.08. The van der Waals surface area contributed by atoms with Crippen LogP contribution in [-0.2, 0) is 6.42 Å². The van der Waals surface area contributed by atoms with Crippen LogP contribution in [0.4, 0.5) is 0 Å². The summed E-state index contributed by atoms with van der Waals surface area (Å²) in [5.74, 6) is 0.832. The lowest BCUT2D eigenvalue weighted by atomic mass is 10.1. The number of hydrogen-bond donors (Lipinski definition) is 1. The van der Waals surface area contributed by atoms with Gasteiger partial charge in [0.25, 0.3) is 5.91 Å². The number of aryl methyl sites for hydroxylation is 1. The van der Waals surface area contributed by atoms with Gasteiger partial charge in [0.15, 0.2) is 0 Å². The van der Waals surface area contributed by atoms with E-state index in [4.69, 9.17) is 4.42 Å². The molecule has 0 saturated carbocycles. The van der Waals surface area contributed by atoms with Crippen LogP contribution in [0.5, 0.6) is 0 Å². The average Bonchev–Trinajstić information content (AvgIpc) is 2.90. The molecule has 0 aliphatic rings. The molecular formula is C14H15BrN2O2. The summed E-state index contributed by atoms with van der Waals surface area (Å²) in [5.41, 5.74) is 0.563. The third-order valence-corrected chi connectivity index (χ3v) is 3.24. The maximum absolute atomic E-state index is 11.9. The van der Waals surface area contributed by atoms with E-state index in [1.165, 1.54) is 0 Å². The second-order valence-corrected chi connectivity index (χ2v) is 5.17. The molecule has 19 heavy (non-hydrogen) atoms. The number of rotatable bonds is 5. The van der Waals surface area contributed by atoms with Crippen molar-refractivity contribution in [1.82, 2.24) is 10.3 Å². The first-order valence-electron chi connectivity index (χ1n) is 6.10. The smallest absolute Gasteiger partial charge is 0.253 e. The summed E-state index contributed by atoms with van der Waals surface area (Å²) in [7, 11) is 0. The molecule has 100 valence electrons. The van der Waals surface area contributed by atoms with Gasteiger partial charge in [-0.15, -0.1) is 0 Å². The molecule has 0 saturated heterocycles. The molecule has 4 nitrogen and oxygen atoms in total. The number of hydrogen-bond acceptors (Lipinski definition) is 3. The van der Waals surface area contributed by atoms with Crippen LogP contribution in [0.3, 0.4) is 0 Å². The largest absolute Gasteiger partial charge is 0.469 e. The Labute approximate surface area is 120 Å². The van der Waals surface area contributed by atoms with Crippen molar-refractivity contribution in [3.63, 3.8) is 0 Å². The highest BCUT2D eigenvalue weighted by atomic mass is 79.9. The maximum Gasteiger partial charge on any atom is 0.253 e. The molecule has 1 amide bonds. The zero-order valence-electron chi connectivity index (χ0n) is 10.6. The van der Waals surface area contributed by atoms with E-state index in [0.717, 1.165) is 23.2 Å². The minimum Gasteiger partial charge on any atom is -0.469 e. The van der Waals surface area contributed by atoms with Crippen molar-refractivity contribution in [2.24, 2.45) is 0 Å². The number of halogens is 1. The topological polar surface area (TPSA) is 55.1 Å². The van der Waals surface area contributed by atoms with Crippen LogP contribution >= 0.6 is 15.9 Å². The molecule has 5 heteroatoms. The van der Waals surface area contributed by atoms with Crippen molar-refractivity contribution in [2.75, 3.05) is 0 Å². The van der Waals surface area contributed by atoms with E-state index >= 15 is 0 Å². The molecule has 0 aliphatic heterocycles. The van der Waals surface area contributed by atoms with Gasteiger partial charge >= 0.3 is 0 Å². The number of furan rings is 1. The van der Waals surface area contributed by atoms with Crippen LogP contribution in [-0.4, -0.2) is 16.9 Å². The number of nitrogens with zero attached hydrogens (tertiary/aromatic N) is 1. The monoisotopic (exact) mass is 322 g/mol. The molecular weight excluding hydrogens is 308 g/mol. The summed E-state index contributed by atoms with van der Waals surface area (Å²) < 4.78 is 5.98. The highest BCUT2D eigenvalue weighted by Gasteiger charge is 2.10. The Hall–Kier alpha value is -1.62. The van der Waals surface area contributed by atoms with Gasteiger partial charge in [-0.1, -0.05) is 0 Å². The summed E-state index contributed by atoms with van der Waals surface area (Å²) in [6.45, 7) is 1.98. The van der Waals surface area contributed by atoms with E-state index in [-0.39, 0.29) is 11.9 Å². The van der Waals surface area contributed by atoms with Crippen molar-refractivity contribution in [2.45, 2.75) is 25.8 Å². The lowest BCUT2D eigenvalue weighted by Gasteiger charge is -2.13. The third kappa shape index (κ3) is 4.21. The summed E-state index contributed by atoms with van der Waals surface area (Å²) in [6.07, 6.45) is 4.86. The molecule has 0 radical (unpaired) electrons. The molecule has 2 aromatic rings. The SMILES string of the molecule is CC(CCc1ccco1)NC(=O)c1ccc(Br)nc1. The van der Waals surface area contributed by atoms with Gasteiger partial charge in [-0.25, -0.2) is 4.98 Å². The molecule has 0 fully saturated rings. The molecule has 0 aliphatic carbocycles. The van der Waals surface area contributed by atoms with Gasteiger partial charge < -0.3 is 9.73 Å². The van der Waals surface area contributed by atoms with Gasteiger partial charge in [0, 0.05) is 18.7 Å². The van der Waals surface area contributed by atoms with Gasteiger partial charge in [-0.2, -0.15) is 0 Å². The van der Waals surface area contributed by atoms with Crippen LogP contribution in [0.25, 0.3) is 0 Å².